The Labute approximate surface area is 235 Å². The minimum absolute atomic E-state index is 0.0237. The second kappa shape index (κ2) is 14.4. The molecule has 1 aliphatic heterocycles. The zero-order chi connectivity index (χ0) is 30.2. The first kappa shape index (κ1) is 32.0. The molecule has 0 spiro atoms. The zero-order valence-electron chi connectivity index (χ0n) is 21.9. The largest absolute Gasteiger partial charge is 0.361 e. The standard InChI is InChI=1S/C25H28F4N4O7S/c1-13-30-9-18(41-13)22(37)33-17(11-39-24(28)29)21(36)32-16(10-38-23(26)27)20(35)31-15(19(34)25(2)12-40-25)8-14-6-4-3-5-7-14/h3-7,9,15-17,23-24H,8,10-12H2,1-2H3,(H,31,35)(H,32,36)(H,33,37). The maximum Gasteiger partial charge on any atom is 0.345 e. The number of hydrogen-bond donors (Lipinski definition) is 3. The molecule has 1 aromatic heterocycles. The fourth-order valence-electron chi connectivity index (χ4n) is 3.62. The number of nitrogens with one attached hydrogen (secondary N) is 3. The van der Waals surface area contributed by atoms with Crippen molar-refractivity contribution in [3.8, 4) is 0 Å². The Balaban J connectivity index is 1.77. The lowest BCUT2D eigenvalue weighted by molar-refractivity contribution is -0.152. The summed E-state index contributed by atoms with van der Waals surface area (Å²) in [7, 11) is 0. The van der Waals surface area contributed by atoms with E-state index in [0.29, 0.717) is 10.6 Å². The van der Waals surface area contributed by atoms with Gasteiger partial charge in [0, 0.05) is 0 Å². The van der Waals surface area contributed by atoms with E-state index in [-0.39, 0.29) is 17.9 Å². The van der Waals surface area contributed by atoms with Crippen LogP contribution in [0.25, 0.3) is 0 Å². The Hall–Kier alpha value is -3.47. The molecule has 0 saturated carbocycles. The molecule has 3 rings (SSSR count). The molecule has 16 heteroatoms. The monoisotopic (exact) mass is 604 g/mol. The van der Waals surface area contributed by atoms with Gasteiger partial charge in [-0.1, -0.05) is 30.3 Å². The number of rotatable bonds is 16. The van der Waals surface area contributed by atoms with E-state index in [1.54, 1.807) is 37.3 Å². The molecule has 1 saturated heterocycles. The van der Waals surface area contributed by atoms with Crippen LogP contribution in [-0.2, 0) is 35.0 Å². The van der Waals surface area contributed by atoms with Gasteiger partial charge in [0.25, 0.3) is 5.91 Å². The molecule has 11 nitrogen and oxygen atoms in total. The summed E-state index contributed by atoms with van der Waals surface area (Å²) in [5.74, 6) is -3.60. The molecular formula is C25H28F4N4O7S. The smallest absolute Gasteiger partial charge is 0.345 e. The van der Waals surface area contributed by atoms with E-state index in [2.05, 4.69) is 30.4 Å². The molecule has 224 valence electrons. The third-order valence-corrected chi connectivity index (χ3v) is 6.80. The molecule has 1 fully saturated rings. The maximum atomic E-state index is 13.2. The van der Waals surface area contributed by atoms with Gasteiger partial charge in [-0.2, -0.15) is 17.6 Å². The maximum absolute atomic E-state index is 13.2. The first-order valence-corrected chi connectivity index (χ1v) is 13.1. The lowest BCUT2D eigenvalue weighted by Gasteiger charge is -2.25. The van der Waals surface area contributed by atoms with Crippen molar-refractivity contribution in [1.82, 2.24) is 20.9 Å². The second-order valence-electron chi connectivity index (χ2n) is 9.15. The average Bonchev–Trinajstić information content (AvgIpc) is 3.53. The number of ketones is 1. The second-order valence-corrected chi connectivity index (χ2v) is 10.4. The van der Waals surface area contributed by atoms with Crippen molar-refractivity contribution in [3.63, 3.8) is 0 Å². The molecule has 1 aliphatic rings. The normalized spacial score (nSPS) is 18.4. The van der Waals surface area contributed by atoms with Crippen molar-refractivity contribution >= 4 is 34.8 Å². The fourth-order valence-corrected chi connectivity index (χ4v) is 4.30. The van der Waals surface area contributed by atoms with Crippen LogP contribution in [0.4, 0.5) is 17.6 Å². The van der Waals surface area contributed by atoms with Gasteiger partial charge in [-0.15, -0.1) is 11.3 Å². The number of Topliss-reactive ketones (excluding diaryl/α,β-unsaturated/α-hetero) is 1. The number of aryl methyl sites for hydroxylation is 1. The highest BCUT2D eigenvalue weighted by Crippen LogP contribution is 2.29. The van der Waals surface area contributed by atoms with Crippen LogP contribution in [0.1, 0.15) is 27.2 Å². The highest BCUT2D eigenvalue weighted by atomic mass is 32.1. The Bertz CT molecular complexity index is 1210. The van der Waals surface area contributed by atoms with E-state index in [4.69, 9.17) is 4.74 Å². The van der Waals surface area contributed by atoms with Gasteiger partial charge in [0.1, 0.15) is 22.6 Å². The number of hydrogen-bond acceptors (Lipinski definition) is 9. The minimum atomic E-state index is -3.32. The van der Waals surface area contributed by atoms with Gasteiger partial charge in [0.15, 0.2) is 5.78 Å². The third-order valence-electron chi connectivity index (χ3n) is 5.89. The summed E-state index contributed by atoms with van der Waals surface area (Å²) in [6.07, 6.45) is 1.23. The first-order valence-electron chi connectivity index (χ1n) is 12.2. The minimum Gasteiger partial charge on any atom is -0.361 e. The molecule has 2 aromatic rings. The number of thiazole rings is 1. The first-order chi connectivity index (χ1) is 19.4. The van der Waals surface area contributed by atoms with Gasteiger partial charge in [0.05, 0.1) is 37.1 Å². The van der Waals surface area contributed by atoms with E-state index >= 15 is 0 Å². The van der Waals surface area contributed by atoms with Gasteiger partial charge >= 0.3 is 13.2 Å². The molecule has 1 aromatic carbocycles. The average molecular weight is 605 g/mol. The van der Waals surface area contributed by atoms with Crippen LogP contribution < -0.4 is 16.0 Å². The van der Waals surface area contributed by atoms with Gasteiger partial charge in [0.2, 0.25) is 11.8 Å². The van der Waals surface area contributed by atoms with Crippen molar-refractivity contribution in [2.75, 3.05) is 19.8 Å². The van der Waals surface area contributed by atoms with Crippen LogP contribution in [0.5, 0.6) is 0 Å². The summed E-state index contributed by atoms with van der Waals surface area (Å²) in [5.41, 5.74) is -0.480. The van der Waals surface area contributed by atoms with Crippen LogP contribution in [0.15, 0.2) is 36.5 Å². The SMILES string of the molecule is Cc1ncc(C(=O)NC(COC(F)F)C(=O)NC(COC(F)F)C(=O)NC(Cc2ccccc2)C(=O)C2(C)CO2)s1. The van der Waals surface area contributed by atoms with Gasteiger partial charge in [-0.3, -0.25) is 19.2 Å². The summed E-state index contributed by atoms with van der Waals surface area (Å²) in [6.45, 7) is -5.42. The summed E-state index contributed by atoms with van der Waals surface area (Å²) >= 11 is 0.968. The number of aromatic nitrogens is 1. The number of amides is 3. The number of alkyl halides is 4. The van der Waals surface area contributed by atoms with Gasteiger partial charge < -0.3 is 30.2 Å². The predicted octanol–water partition coefficient (Wildman–Crippen LogP) is 1.60. The highest BCUT2D eigenvalue weighted by molar-refractivity contribution is 7.13. The fraction of sp³-hybridized carbons (Fsp3) is 0.480. The van der Waals surface area contributed by atoms with Crippen LogP contribution in [0, 0.1) is 6.92 Å². The Morgan fingerprint density at radius 1 is 0.951 bits per heavy atom. The van der Waals surface area contributed by atoms with Crippen LogP contribution >= 0.6 is 11.3 Å². The number of ether oxygens (including phenoxy) is 3. The van der Waals surface area contributed by atoms with Crippen molar-refractivity contribution in [2.45, 2.75) is 57.2 Å². The van der Waals surface area contributed by atoms with E-state index in [1.807, 2.05) is 0 Å². The van der Waals surface area contributed by atoms with E-state index in [0.717, 1.165) is 11.3 Å². The predicted molar refractivity (Wildman–Crippen MR) is 135 cm³/mol. The molecule has 0 aliphatic carbocycles. The molecule has 41 heavy (non-hydrogen) atoms. The number of carbonyl (C=O) groups is 4. The number of epoxide rings is 1. The van der Waals surface area contributed by atoms with Crippen molar-refractivity contribution in [1.29, 1.82) is 0 Å². The molecule has 0 radical (unpaired) electrons. The van der Waals surface area contributed by atoms with Crippen molar-refractivity contribution in [2.24, 2.45) is 0 Å². The molecule has 2 heterocycles. The Morgan fingerprint density at radius 2 is 1.49 bits per heavy atom. The summed E-state index contributed by atoms with van der Waals surface area (Å²) in [5, 5.41) is 7.28. The zero-order valence-corrected chi connectivity index (χ0v) is 22.7. The van der Waals surface area contributed by atoms with Gasteiger partial charge in [-0.05, 0) is 25.8 Å². The third kappa shape index (κ3) is 9.84. The number of nitrogens with zero attached hydrogens (tertiary/aromatic N) is 1. The number of benzene rings is 1. The quantitative estimate of drug-likeness (QED) is 0.193. The van der Waals surface area contributed by atoms with E-state index in [9.17, 15) is 36.7 Å². The number of carbonyl (C=O) groups excluding carboxylic acids is 4. The molecule has 4 atom stereocenters. The summed E-state index contributed by atoms with van der Waals surface area (Å²) in [6, 6.07) is 3.86. The Morgan fingerprint density at radius 3 is 1.98 bits per heavy atom. The van der Waals surface area contributed by atoms with Crippen LogP contribution in [-0.4, -0.2) is 85.3 Å². The lowest BCUT2D eigenvalue weighted by Crippen LogP contribution is -2.59. The van der Waals surface area contributed by atoms with Crippen LogP contribution in [0.2, 0.25) is 0 Å². The van der Waals surface area contributed by atoms with Crippen LogP contribution in [0.3, 0.4) is 0 Å². The molecule has 4 unspecified atom stereocenters. The highest BCUT2D eigenvalue weighted by Gasteiger charge is 2.50. The molecule has 3 amide bonds. The lowest BCUT2D eigenvalue weighted by atomic mass is 9.94. The van der Waals surface area contributed by atoms with Gasteiger partial charge in [-0.25, -0.2) is 4.98 Å². The topological polar surface area (TPSA) is 148 Å². The van der Waals surface area contributed by atoms with Crippen molar-refractivity contribution < 1.29 is 51.0 Å². The Kier molecular flexibility index (Phi) is 11.3. The number of halogens is 4. The van der Waals surface area contributed by atoms with E-state index < -0.39 is 73.7 Å². The summed E-state index contributed by atoms with van der Waals surface area (Å²) in [4.78, 5) is 55.7. The molecule has 3 N–H and O–H groups in total. The van der Waals surface area contributed by atoms with Crippen molar-refractivity contribution in [3.05, 3.63) is 52.0 Å². The molecule has 0 bridgehead atoms. The summed E-state index contributed by atoms with van der Waals surface area (Å²) < 4.78 is 64.8. The molecular weight excluding hydrogens is 576 g/mol. The van der Waals surface area contributed by atoms with E-state index in [1.165, 1.54) is 13.1 Å².